The first-order valence-electron chi connectivity index (χ1n) is 8.63. The van der Waals surface area contributed by atoms with Crippen molar-refractivity contribution >= 4 is 5.91 Å². The number of benzene rings is 1. The van der Waals surface area contributed by atoms with Gasteiger partial charge < -0.3 is 19.5 Å². The molecule has 1 amide bonds. The van der Waals surface area contributed by atoms with E-state index < -0.39 is 0 Å². The summed E-state index contributed by atoms with van der Waals surface area (Å²) in [5.41, 5.74) is 0.581. The van der Waals surface area contributed by atoms with Crippen LogP contribution in [0.2, 0.25) is 0 Å². The lowest BCUT2D eigenvalue weighted by molar-refractivity contribution is 0.0210. The van der Waals surface area contributed by atoms with Gasteiger partial charge in [0.25, 0.3) is 5.91 Å². The van der Waals surface area contributed by atoms with Gasteiger partial charge in [-0.15, -0.1) is 0 Å². The van der Waals surface area contributed by atoms with Crippen LogP contribution in [0.5, 0.6) is 11.5 Å². The maximum absolute atomic E-state index is 13.1. The fourth-order valence-electron chi connectivity index (χ4n) is 4.33. The van der Waals surface area contributed by atoms with Gasteiger partial charge >= 0.3 is 0 Å². The van der Waals surface area contributed by atoms with Crippen LogP contribution in [0.4, 0.5) is 0 Å². The molecule has 0 radical (unpaired) electrons. The maximum Gasteiger partial charge on any atom is 0.258 e. The van der Waals surface area contributed by atoms with Gasteiger partial charge in [0.05, 0.1) is 11.7 Å². The molecular weight excluding hydrogens is 294 g/mol. The largest absolute Gasteiger partial charge is 0.454 e. The van der Waals surface area contributed by atoms with Crippen molar-refractivity contribution in [3.8, 4) is 11.5 Å². The van der Waals surface area contributed by atoms with Crippen molar-refractivity contribution in [1.29, 1.82) is 0 Å². The molecule has 4 rings (SSSR count). The molecule has 0 bridgehead atoms. The summed E-state index contributed by atoms with van der Waals surface area (Å²) in [6.45, 7) is 0.932. The Morgan fingerprint density at radius 3 is 2.87 bits per heavy atom. The second-order valence-corrected chi connectivity index (χ2v) is 6.76. The zero-order chi connectivity index (χ0) is 15.8. The molecule has 2 fully saturated rings. The van der Waals surface area contributed by atoms with E-state index in [1.807, 2.05) is 23.1 Å². The summed E-state index contributed by atoms with van der Waals surface area (Å²) in [5, 5.41) is 10.4. The van der Waals surface area contributed by atoms with Gasteiger partial charge in [-0.05, 0) is 37.8 Å². The minimum Gasteiger partial charge on any atom is -0.454 e. The van der Waals surface area contributed by atoms with Crippen LogP contribution in [0.3, 0.4) is 0 Å². The Kier molecular flexibility index (Phi) is 3.89. The number of ether oxygens (including phenoxy) is 2. The van der Waals surface area contributed by atoms with Crippen LogP contribution >= 0.6 is 0 Å². The lowest BCUT2D eigenvalue weighted by atomic mass is 9.80. The van der Waals surface area contributed by atoms with E-state index in [1.165, 1.54) is 0 Å². The van der Waals surface area contributed by atoms with E-state index in [4.69, 9.17) is 9.47 Å². The Hall–Kier alpha value is -1.75. The number of aliphatic hydroxyl groups is 1. The van der Waals surface area contributed by atoms with Crippen molar-refractivity contribution in [2.75, 3.05) is 13.3 Å². The fraction of sp³-hybridized carbons (Fsp3) is 0.611. The minimum atomic E-state index is -0.275. The number of carbonyl (C=O) groups is 1. The van der Waals surface area contributed by atoms with E-state index in [0.29, 0.717) is 17.1 Å². The van der Waals surface area contributed by atoms with E-state index in [1.54, 1.807) is 0 Å². The van der Waals surface area contributed by atoms with Gasteiger partial charge in [-0.1, -0.05) is 18.9 Å². The molecule has 2 aliphatic heterocycles. The van der Waals surface area contributed by atoms with Gasteiger partial charge in [-0.2, -0.15) is 0 Å². The van der Waals surface area contributed by atoms with Crippen LogP contribution in [0.1, 0.15) is 48.9 Å². The third kappa shape index (κ3) is 2.57. The molecule has 3 aliphatic rings. The highest BCUT2D eigenvalue weighted by atomic mass is 16.7. The Bertz CT molecular complexity index is 603. The molecule has 1 aliphatic carbocycles. The van der Waals surface area contributed by atoms with Crippen molar-refractivity contribution in [3.63, 3.8) is 0 Å². The van der Waals surface area contributed by atoms with Crippen molar-refractivity contribution in [2.24, 2.45) is 5.92 Å². The standard InChI is InChI=1S/C18H23NO4/c20-15-8-2-1-5-12(15)14-7-4-10-19(14)18(21)13-6-3-9-16-17(13)23-11-22-16/h3,6,9,12,14-15,20H,1-2,4-5,7-8,10-11H2. The number of carbonyl (C=O) groups excluding carboxylic acids is 1. The van der Waals surface area contributed by atoms with Gasteiger partial charge in [0.1, 0.15) is 0 Å². The first-order valence-corrected chi connectivity index (χ1v) is 8.63. The Balaban J connectivity index is 1.59. The van der Waals surface area contributed by atoms with Gasteiger partial charge in [0, 0.05) is 18.5 Å². The van der Waals surface area contributed by atoms with E-state index >= 15 is 0 Å². The van der Waals surface area contributed by atoms with Crippen LogP contribution < -0.4 is 9.47 Å². The number of nitrogens with zero attached hydrogens (tertiary/aromatic N) is 1. The molecule has 3 atom stereocenters. The van der Waals surface area contributed by atoms with Crippen molar-refractivity contribution in [1.82, 2.24) is 4.90 Å². The lowest BCUT2D eigenvalue weighted by Crippen LogP contribution is -2.45. The highest BCUT2D eigenvalue weighted by molar-refractivity contribution is 5.98. The number of hydrogen-bond donors (Lipinski definition) is 1. The quantitative estimate of drug-likeness (QED) is 0.911. The van der Waals surface area contributed by atoms with Crippen LogP contribution in [0.25, 0.3) is 0 Å². The second kappa shape index (κ2) is 6.04. The molecule has 1 saturated carbocycles. The molecule has 0 spiro atoms. The van der Waals surface area contributed by atoms with Crippen LogP contribution in [0, 0.1) is 5.92 Å². The molecule has 2 heterocycles. The fourth-order valence-corrected chi connectivity index (χ4v) is 4.33. The number of rotatable bonds is 2. The van der Waals surface area contributed by atoms with Crippen molar-refractivity contribution < 1.29 is 19.4 Å². The molecule has 1 N–H and O–H groups in total. The van der Waals surface area contributed by atoms with E-state index in [2.05, 4.69) is 0 Å². The zero-order valence-electron chi connectivity index (χ0n) is 13.2. The number of likely N-dealkylation sites (tertiary alicyclic amines) is 1. The Morgan fingerprint density at radius 2 is 2.00 bits per heavy atom. The third-order valence-electron chi connectivity index (χ3n) is 5.46. The molecular formula is C18H23NO4. The second-order valence-electron chi connectivity index (χ2n) is 6.76. The summed E-state index contributed by atoms with van der Waals surface area (Å²) in [6, 6.07) is 5.62. The monoisotopic (exact) mass is 317 g/mol. The predicted molar refractivity (Wildman–Crippen MR) is 84.6 cm³/mol. The van der Waals surface area contributed by atoms with Gasteiger partial charge in [0.2, 0.25) is 6.79 Å². The van der Waals surface area contributed by atoms with Gasteiger partial charge in [-0.25, -0.2) is 0 Å². The average molecular weight is 317 g/mol. The number of fused-ring (bicyclic) bond motifs is 1. The molecule has 3 unspecified atom stereocenters. The highest BCUT2D eigenvalue weighted by Crippen LogP contribution is 2.39. The summed E-state index contributed by atoms with van der Waals surface area (Å²) >= 11 is 0. The number of amides is 1. The normalized spacial score (nSPS) is 29.8. The summed E-state index contributed by atoms with van der Waals surface area (Å²) in [5.74, 6) is 1.42. The molecule has 5 nitrogen and oxygen atoms in total. The van der Waals surface area contributed by atoms with Gasteiger partial charge in [0.15, 0.2) is 11.5 Å². The lowest BCUT2D eigenvalue weighted by Gasteiger charge is -2.37. The first-order chi connectivity index (χ1) is 11.3. The van der Waals surface area contributed by atoms with E-state index in [-0.39, 0.29) is 30.8 Å². The summed E-state index contributed by atoms with van der Waals surface area (Å²) in [4.78, 5) is 15.0. The van der Waals surface area contributed by atoms with E-state index in [0.717, 1.165) is 45.1 Å². The minimum absolute atomic E-state index is 0.00706. The molecule has 1 saturated heterocycles. The SMILES string of the molecule is O=C(c1cccc2c1OCO2)N1CCCC1C1CCCCC1O. The molecule has 5 heteroatoms. The van der Waals surface area contributed by atoms with Crippen molar-refractivity contribution in [2.45, 2.75) is 50.7 Å². The maximum atomic E-state index is 13.1. The van der Waals surface area contributed by atoms with Crippen molar-refractivity contribution in [3.05, 3.63) is 23.8 Å². The Labute approximate surface area is 136 Å². The van der Waals surface area contributed by atoms with Crippen LogP contribution in [-0.2, 0) is 0 Å². The smallest absolute Gasteiger partial charge is 0.258 e. The molecule has 1 aromatic carbocycles. The zero-order valence-corrected chi connectivity index (χ0v) is 13.2. The summed E-state index contributed by atoms with van der Waals surface area (Å²) in [6.07, 6.45) is 5.84. The number of hydrogen-bond acceptors (Lipinski definition) is 4. The number of aliphatic hydroxyl groups excluding tert-OH is 1. The third-order valence-corrected chi connectivity index (χ3v) is 5.46. The van der Waals surface area contributed by atoms with Crippen LogP contribution in [0.15, 0.2) is 18.2 Å². The highest BCUT2D eigenvalue weighted by Gasteiger charge is 2.40. The topological polar surface area (TPSA) is 59.0 Å². The molecule has 124 valence electrons. The Morgan fingerprint density at radius 1 is 1.13 bits per heavy atom. The summed E-state index contributed by atoms with van der Waals surface area (Å²) < 4.78 is 10.9. The van der Waals surface area contributed by atoms with Crippen LogP contribution in [-0.4, -0.2) is 41.4 Å². The number of para-hydroxylation sites is 1. The first kappa shape index (κ1) is 14.8. The molecule has 23 heavy (non-hydrogen) atoms. The predicted octanol–water partition coefficient (Wildman–Crippen LogP) is 2.57. The average Bonchev–Trinajstić information content (AvgIpc) is 3.23. The van der Waals surface area contributed by atoms with E-state index in [9.17, 15) is 9.90 Å². The summed E-state index contributed by atoms with van der Waals surface area (Å²) in [7, 11) is 0. The molecule has 1 aromatic rings. The molecule has 0 aromatic heterocycles. The van der Waals surface area contributed by atoms with Gasteiger partial charge in [-0.3, -0.25) is 4.79 Å².